The zero-order chi connectivity index (χ0) is 26.4. The zero-order valence-electron chi connectivity index (χ0n) is 20.9. The number of carboxylic acids is 1. The van der Waals surface area contributed by atoms with Gasteiger partial charge in [-0.05, 0) is 96.8 Å². The molecule has 0 aromatic heterocycles. The molecule has 0 saturated carbocycles. The Hall–Kier alpha value is -3.58. The van der Waals surface area contributed by atoms with Crippen molar-refractivity contribution in [3.05, 3.63) is 74.6 Å². The van der Waals surface area contributed by atoms with Crippen LogP contribution in [-0.4, -0.2) is 37.2 Å². The summed E-state index contributed by atoms with van der Waals surface area (Å²) in [5.74, 6) is -0.858. The fourth-order valence-electron chi connectivity index (χ4n) is 5.50. The standard InChI is InChI=1S/C29H27ClFNO5/c1-15-11-25-20(8-9-32(25)29(35)19-7-6-17(36-3)12-23(19)30)27(21(15)14-26(33)34)22-13-24(31)28-18(16(22)2)5-4-10-37-28/h6-7,11-13H,4-5,8-10,14H2,1-3H3,(H,33,34). The highest BCUT2D eigenvalue weighted by molar-refractivity contribution is 6.34. The number of hydrogen-bond acceptors (Lipinski definition) is 4. The van der Waals surface area contributed by atoms with Crippen LogP contribution in [0, 0.1) is 19.7 Å². The van der Waals surface area contributed by atoms with E-state index in [0.29, 0.717) is 59.7 Å². The molecule has 1 N–H and O–H groups in total. The molecular formula is C29H27ClFNO5. The van der Waals surface area contributed by atoms with E-state index in [9.17, 15) is 14.7 Å². The minimum atomic E-state index is -0.973. The van der Waals surface area contributed by atoms with Gasteiger partial charge in [-0.2, -0.15) is 0 Å². The van der Waals surface area contributed by atoms with Crippen molar-refractivity contribution >= 4 is 29.2 Å². The van der Waals surface area contributed by atoms with Gasteiger partial charge < -0.3 is 19.5 Å². The third kappa shape index (κ3) is 4.31. The Morgan fingerprint density at radius 2 is 1.95 bits per heavy atom. The normalized spacial score (nSPS) is 14.1. The van der Waals surface area contributed by atoms with Gasteiger partial charge in [0, 0.05) is 17.8 Å². The van der Waals surface area contributed by atoms with Crippen LogP contribution in [0.5, 0.6) is 11.5 Å². The molecule has 2 aliphatic rings. The van der Waals surface area contributed by atoms with Gasteiger partial charge in [-0.3, -0.25) is 9.59 Å². The fraction of sp³-hybridized carbons (Fsp3) is 0.310. The minimum Gasteiger partial charge on any atom is -0.497 e. The molecule has 0 radical (unpaired) electrons. The van der Waals surface area contributed by atoms with Crippen molar-refractivity contribution in [1.82, 2.24) is 0 Å². The highest BCUT2D eigenvalue weighted by atomic mass is 35.5. The number of fused-ring (bicyclic) bond motifs is 2. The van der Waals surface area contributed by atoms with E-state index in [0.717, 1.165) is 28.7 Å². The van der Waals surface area contributed by atoms with E-state index in [-0.39, 0.29) is 23.1 Å². The molecule has 192 valence electrons. The molecule has 37 heavy (non-hydrogen) atoms. The van der Waals surface area contributed by atoms with Crippen molar-refractivity contribution in [3.8, 4) is 22.6 Å². The molecule has 0 unspecified atom stereocenters. The lowest BCUT2D eigenvalue weighted by Gasteiger charge is -2.25. The van der Waals surface area contributed by atoms with E-state index >= 15 is 4.39 Å². The number of amides is 1. The number of aliphatic carboxylic acids is 1. The quantitative estimate of drug-likeness (QED) is 0.449. The van der Waals surface area contributed by atoms with Crippen LogP contribution in [0.15, 0.2) is 30.3 Å². The van der Waals surface area contributed by atoms with Crippen LogP contribution in [-0.2, 0) is 24.1 Å². The zero-order valence-corrected chi connectivity index (χ0v) is 21.7. The second kappa shape index (κ2) is 9.71. The first-order valence-corrected chi connectivity index (χ1v) is 12.6. The van der Waals surface area contributed by atoms with Gasteiger partial charge in [-0.25, -0.2) is 4.39 Å². The highest BCUT2D eigenvalue weighted by Crippen LogP contribution is 2.45. The van der Waals surface area contributed by atoms with Gasteiger partial charge in [-0.1, -0.05) is 11.6 Å². The van der Waals surface area contributed by atoms with Crippen LogP contribution in [0.3, 0.4) is 0 Å². The molecule has 5 rings (SSSR count). The monoisotopic (exact) mass is 523 g/mol. The maximum atomic E-state index is 15.2. The number of methoxy groups -OCH3 is 1. The summed E-state index contributed by atoms with van der Waals surface area (Å²) in [5.41, 5.74) is 6.25. The summed E-state index contributed by atoms with van der Waals surface area (Å²) in [7, 11) is 1.53. The summed E-state index contributed by atoms with van der Waals surface area (Å²) in [6.45, 7) is 4.63. The van der Waals surface area contributed by atoms with Crippen LogP contribution in [0.4, 0.5) is 10.1 Å². The Bertz CT molecular complexity index is 1450. The molecule has 3 aromatic carbocycles. The summed E-state index contributed by atoms with van der Waals surface area (Å²) in [6.07, 6.45) is 1.78. The molecule has 0 bridgehead atoms. The van der Waals surface area contributed by atoms with Gasteiger partial charge in [0.25, 0.3) is 5.91 Å². The Balaban J connectivity index is 1.69. The Labute approximate surface area is 219 Å². The van der Waals surface area contributed by atoms with Crippen molar-refractivity contribution < 1.29 is 28.6 Å². The summed E-state index contributed by atoms with van der Waals surface area (Å²) < 4.78 is 26.1. The molecule has 0 spiro atoms. The molecule has 1 amide bonds. The molecule has 3 aromatic rings. The number of nitrogens with zero attached hydrogens (tertiary/aromatic N) is 1. The van der Waals surface area contributed by atoms with Crippen LogP contribution in [0.1, 0.15) is 44.6 Å². The lowest BCUT2D eigenvalue weighted by atomic mass is 9.84. The fourth-order valence-corrected chi connectivity index (χ4v) is 5.75. The average Bonchev–Trinajstić information content (AvgIpc) is 3.29. The van der Waals surface area contributed by atoms with Gasteiger partial charge in [-0.15, -0.1) is 0 Å². The lowest BCUT2D eigenvalue weighted by Crippen LogP contribution is -2.29. The first-order valence-electron chi connectivity index (χ1n) is 12.2. The van der Waals surface area contributed by atoms with Crippen molar-refractivity contribution in [2.45, 2.75) is 39.5 Å². The predicted octanol–water partition coefficient (Wildman–Crippen LogP) is 5.93. The third-order valence-electron chi connectivity index (χ3n) is 7.30. The van der Waals surface area contributed by atoms with Crippen molar-refractivity contribution in [2.24, 2.45) is 0 Å². The largest absolute Gasteiger partial charge is 0.497 e. The number of rotatable bonds is 5. The molecule has 0 atom stereocenters. The van der Waals surface area contributed by atoms with E-state index < -0.39 is 11.8 Å². The second-order valence-electron chi connectivity index (χ2n) is 9.46. The summed E-state index contributed by atoms with van der Waals surface area (Å²) in [5, 5.41) is 9.99. The topological polar surface area (TPSA) is 76.1 Å². The number of ether oxygens (including phenoxy) is 2. The highest BCUT2D eigenvalue weighted by Gasteiger charge is 2.33. The smallest absolute Gasteiger partial charge is 0.307 e. The number of carboxylic acid groups (broad SMARTS) is 1. The number of carbonyl (C=O) groups is 2. The maximum absolute atomic E-state index is 15.2. The SMILES string of the molecule is COc1ccc(C(=O)N2CCc3c2cc(C)c(CC(=O)O)c3-c2cc(F)c3c(c2C)CCCO3)c(Cl)c1. The number of carbonyl (C=O) groups excluding carboxylic acids is 1. The van der Waals surface area contributed by atoms with Gasteiger partial charge in [0.15, 0.2) is 11.6 Å². The van der Waals surface area contributed by atoms with Crippen LogP contribution < -0.4 is 14.4 Å². The van der Waals surface area contributed by atoms with E-state index in [1.54, 1.807) is 23.1 Å². The van der Waals surface area contributed by atoms with E-state index in [4.69, 9.17) is 21.1 Å². The van der Waals surface area contributed by atoms with E-state index in [2.05, 4.69) is 0 Å². The Morgan fingerprint density at radius 1 is 1.16 bits per heavy atom. The third-order valence-corrected chi connectivity index (χ3v) is 7.62. The van der Waals surface area contributed by atoms with E-state index in [1.807, 2.05) is 19.9 Å². The summed E-state index contributed by atoms with van der Waals surface area (Å²) in [4.78, 5) is 27.1. The number of anilines is 1. The first kappa shape index (κ1) is 25.1. The maximum Gasteiger partial charge on any atom is 0.307 e. The van der Waals surface area contributed by atoms with Gasteiger partial charge >= 0.3 is 5.97 Å². The van der Waals surface area contributed by atoms with Crippen molar-refractivity contribution in [2.75, 3.05) is 25.2 Å². The summed E-state index contributed by atoms with van der Waals surface area (Å²) in [6, 6.07) is 8.22. The van der Waals surface area contributed by atoms with Gasteiger partial charge in [0.05, 0.1) is 30.7 Å². The number of aryl methyl sites for hydroxylation is 1. The minimum absolute atomic E-state index is 0.207. The van der Waals surface area contributed by atoms with E-state index in [1.165, 1.54) is 13.2 Å². The van der Waals surface area contributed by atoms with Crippen LogP contribution in [0.25, 0.3) is 11.1 Å². The molecule has 2 aliphatic heterocycles. The summed E-state index contributed by atoms with van der Waals surface area (Å²) >= 11 is 6.41. The molecule has 0 saturated heterocycles. The molecular weight excluding hydrogens is 497 g/mol. The molecule has 6 nitrogen and oxygen atoms in total. The second-order valence-corrected chi connectivity index (χ2v) is 9.87. The number of hydrogen-bond donors (Lipinski definition) is 1. The predicted molar refractivity (Wildman–Crippen MR) is 140 cm³/mol. The molecule has 0 fully saturated rings. The molecule has 8 heteroatoms. The van der Waals surface area contributed by atoms with Gasteiger partial charge in [0.2, 0.25) is 0 Å². The van der Waals surface area contributed by atoms with Crippen molar-refractivity contribution in [1.29, 1.82) is 0 Å². The first-order chi connectivity index (χ1) is 17.7. The van der Waals surface area contributed by atoms with Crippen molar-refractivity contribution in [3.63, 3.8) is 0 Å². The Kier molecular flexibility index (Phi) is 6.58. The molecule has 0 aliphatic carbocycles. The van der Waals surface area contributed by atoms with Crippen LogP contribution >= 0.6 is 11.6 Å². The number of benzene rings is 3. The van der Waals surface area contributed by atoms with Crippen LogP contribution in [0.2, 0.25) is 5.02 Å². The molecule has 2 heterocycles. The number of halogens is 2. The Morgan fingerprint density at radius 3 is 2.65 bits per heavy atom. The van der Waals surface area contributed by atoms with Gasteiger partial charge in [0.1, 0.15) is 5.75 Å². The average molecular weight is 524 g/mol. The lowest BCUT2D eigenvalue weighted by molar-refractivity contribution is -0.136.